The summed E-state index contributed by atoms with van der Waals surface area (Å²) in [7, 11) is 0. The minimum atomic E-state index is -0.0958. The van der Waals surface area contributed by atoms with Crippen molar-refractivity contribution in [3.05, 3.63) is 58.5 Å². The van der Waals surface area contributed by atoms with Crippen molar-refractivity contribution in [1.82, 2.24) is 14.9 Å². The number of rotatable bonds is 3. The average molecular weight is 334 g/mol. The molecule has 0 spiro atoms. The summed E-state index contributed by atoms with van der Waals surface area (Å²) in [4.78, 5) is 20.6. The molecule has 0 amide bonds. The van der Waals surface area contributed by atoms with Gasteiger partial charge in [-0.3, -0.25) is 9.69 Å². The second kappa shape index (κ2) is 6.52. The lowest BCUT2D eigenvalue weighted by Gasteiger charge is -2.39. The van der Waals surface area contributed by atoms with Crippen molar-refractivity contribution in [2.45, 2.75) is 51.7 Å². The van der Waals surface area contributed by atoms with Gasteiger partial charge in [0.1, 0.15) is 0 Å². The summed E-state index contributed by atoms with van der Waals surface area (Å²) >= 11 is 0. The van der Waals surface area contributed by atoms with Gasteiger partial charge in [-0.1, -0.05) is 12.5 Å². The van der Waals surface area contributed by atoms with Gasteiger partial charge in [0.15, 0.2) is 0 Å². The number of benzene rings is 1. The smallest absolute Gasteiger partial charge is 0.257 e. The molecule has 0 bridgehead atoms. The van der Waals surface area contributed by atoms with Crippen LogP contribution in [0.25, 0.3) is 22.2 Å². The molecule has 4 rings (SSSR count). The number of piperidine rings is 1. The molecule has 1 saturated heterocycles. The highest BCUT2D eigenvalue weighted by Gasteiger charge is 2.24. The van der Waals surface area contributed by atoms with Crippen LogP contribution in [0.1, 0.15) is 38.7 Å². The number of aromatic nitrogens is 2. The van der Waals surface area contributed by atoms with E-state index >= 15 is 0 Å². The van der Waals surface area contributed by atoms with Gasteiger partial charge < -0.3 is 9.97 Å². The number of hydrogen-bond acceptors (Lipinski definition) is 2. The first-order chi connectivity index (χ1) is 12.1. The number of likely N-dealkylation sites (tertiary alicyclic amines) is 1. The molecule has 3 aromatic rings. The Labute approximate surface area is 147 Å². The maximum Gasteiger partial charge on any atom is 0.257 e. The number of H-pyrrole nitrogens is 2. The van der Waals surface area contributed by atoms with Crippen molar-refractivity contribution in [3.63, 3.8) is 0 Å². The van der Waals surface area contributed by atoms with Crippen LogP contribution in [0.4, 0.5) is 0 Å². The van der Waals surface area contributed by atoms with Gasteiger partial charge in [-0.25, -0.2) is 0 Å². The van der Waals surface area contributed by atoms with Crippen molar-refractivity contribution in [3.8, 4) is 11.3 Å². The van der Waals surface area contributed by atoms with E-state index in [2.05, 4.69) is 59.0 Å². The normalized spacial score (nSPS) is 21.7. The number of hydrogen-bond donors (Lipinski definition) is 2. The molecule has 4 nitrogen and oxygen atoms in total. The van der Waals surface area contributed by atoms with Crippen LogP contribution in [-0.2, 0) is 6.54 Å². The molecule has 3 heterocycles. The lowest BCUT2D eigenvalue weighted by molar-refractivity contribution is 0.0953. The lowest BCUT2D eigenvalue weighted by atomic mass is 9.96. The number of fused-ring (bicyclic) bond motifs is 1. The van der Waals surface area contributed by atoms with Gasteiger partial charge in [-0.05, 0) is 56.5 Å². The van der Waals surface area contributed by atoms with Gasteiger partial charge in [0.2, 0.25) is 0 Å². The summed E-state index contributed by atoms with van der Waals surface area (Å²) in [6.45, 7) is 5.65. The van der Waals surface area contributed by atoms with Crippen molar-refractivity contribution in [2.24, 2.45) is 0 Å². The predicted octanol–water partition coefficient (Wildman–Crippen LogP) is 4.09. The SMILES string of the molecule is C[C@@H]1CCC[C@H](C)N1Cc1ccc2[nH]c(-c3c[c]c[nH]c3=O)cc2c1. The van der Waals surface area contributed by atoms with E-state index in [4.69, 9.17) is 0 Å². The highest BCUT2D eigenvalue weighted by molar-refractivity contribution is 5.86. The van der Waals surface area contributed by atoms with Crippen LogP contribution in [-0.4, -0.2) is 27.0 Å². The molecule has 1 aliphatic rings. The van der Waals surface area contributed by atoms with Crippen LogP contribution in [0.2, 0.25) is 0 Å². The number of nitrogens with zero attached hydrogens (tertiary/aromatic N) is 1. The lowest BCUT2D eigenvalue weighted by Crippen LogP contribution is -2.42. The third kappa shape index (κ3) is 3.14. The molecular weight excluding hydrogens is 310 g/mol. The standard InChI is InChI=1S/C21H24N3O/c1-14-5-3-6-15(2)24(14)13-16-8-9-19-17(11-16)12-20(23-19)18-7-4-10-22-21(18)25/h7-12,14-15,23H,3,5-6,13H2,1-2H3,(H,22,25)/t14-,15+. The van der Waals surface area contributed by atoms with Gasteiger partial charge in [0.05, 0.1) is 11.3 Å². The summed E-state index contributed by atoms with van der Waals surface area (Å²) in [5.74, 6) is 0. The second-order valence-corrected chi connectivity index (χ2v) is 7.25. The molecule has 1 radical (unpaired) electrons. The van der Waals surface area contributed by atoms with Crippen LogP contribution in [0.3, 0.4) is 0 Å². The fourth-order valence-corrected chi connectivity index (χ4v) is 4.00. The van der Waals surface area contributed by atoms with Crippen molar-refractivity contribution >= 4 is 10.9 Å². The zero-order chi connectivity index (χ0) is 17.4. The summed E-state index contributed by atoms with van der Waals surface area (Å²) in [6, 6.07) is 14.5. The zero-order valence-corrected chi connectivity index (χ0v) is 14.8. The Bertz CT molecular complexity index is 929. The van der Waals surface area contributed by atoms with Gasteiger partial charge in [-0.15, -0.1) is 0 Å². The Kier molecular flexibility index (Phi) is 4.22. The highest BCUT2D eigenvalue weighted by Crippen LogP contribution is 2.27. The number of nitrogens with one attached hydrogen (secondary N) is 2. The molecule has 1 aromatic carbocycles. The molecule has 0 unspecified atom stereocenters. The molecule has 25 heavy (non-hydrogen) atoms. The fourth-order valence-electron chi connectivity index (χ4n) is 4.00. The summed E-state index contributed by atoms with van der Waals surface area (Å²) in [5.41, 5.74) is 3.75. The Hall–Kier alpha value is -2.33. The molecule has 4 heteroatoms. The van der Waals surface area contributed by atoms with Gasteiger partial charge in [0, 0.05) is 41.8 Å². The highest BCUT2D eigenvalue weighted by atomic mass is 16.1. The minimum Gasteiger partial charge on any atom is -0.354 e. The fraction of sp³-hybridized carbons (Fsp3) is 0.381. The largest absolute Gasteiger partial charge is 0.354 e. The molecule has 2 aromatic heterocycles. The first-order valence-electron chi connectivity index (χ1n) is 9.08. The topological polar surface area (TPSA) is 51.9 Å². The third-order valence-electron chi connectivity index (χ3n) is 5.48. The Morgan fingerprint density at radius 3 is 2.76 bits per heavy atom. The van der Waals surface area contributed by atoms with E-state index in [1.54, 1.807) is 6.07 Å². The molecular formula is C21H24N3O. The van der Waals surface area contributed by atoms with Crippen LogP contribution < -0.4 is 5.56 Å². The Morgan fingerprint density at radius 1 is 1.20 bits per heavy atom. The average Bonchev–Trinajstić information content (AvgIpc) is 3.01. The van der Waals surface area contributed by atoms with E-state index in [9.17, 15) is 4.79 Å². The molecule has 1 aliphatic heterocycles. The van der Waals surface area contributed by atoms with Crippen LogP contribution in [0, 0.1) is 6.07 Å². The van der Waals surface area contributed by atoms with Crippen LogP contribution in [0.5, 0.6) is 0 Å². The number of pyridine rings is 1. The first-order valence-corrected chi connectivity index (χ1v) is 9.08. The van der Waals surface area contributed by atoms with E-state index in [1.165, 1.54) is 31.0 Å². The van der Waals surface area contributed by atoms with E-state index in [1.807, 2.05) is 0 Å². The first kappa shape index (κ1) is 16.2. The molecule has 2 N–H and O–H groups in total. The zero-order valence-electron chi connectivity index (χ0n) is 14.8. The number of aromatic amines is 2. The second-order valence-electron chi connectivity index (χ2n) is 7.25. The molecule has 129 valence electrons. The summed E-state index contributed by atoms with van der Waals surface area (Å²) in [6.07, 6.45) is 5.44. The monoisotopic (exact) mass is 334 g/mol. The van der Waals surface area contributed by atoms with Crippen LogP contribution in [0.15, 0.2) is 41.3 Å². The van der Waals surface area contributed by atoms with Gasteiger partial charge in [0.25, 0.3) is 5.56 Å². The minimum absolute atomic E-state index is 0.0958. The van der Waals surface area contributed by atoms with Crippen molar-refractivity contribution in [2.75, 3.05) is 0 Å². The summed E-state index contributed by atoms with van der Waals surface area (Å²) < 4.78 is 0. The van der Waals surface area contributed by atoms with E-state index in [0.29, 0.717) is 17.6 Å². The van der Waals surface area contributed by atoms with E-state index in [0.717, 1.165) is 23.1 Å². The molecule has 1 fully saturated rings. The predicted molar refractivity (Wildman–Crippen MR) is 102 cm³/mol. The molecule has 0 aliphatic carbocycles. The Balaban J connectivity index is 1.64. The van der Waals surface area contributed by atoms with Crippen molar-refractivity contribution in [1.29, 1.82) is 0 Å². The quantitative estimate of drug-likeness (QED) is 0.758. The van der Waals surface area contributed by atoms with Crippen LogP contribution >= 0.6 is 0 Å². The molecule has 0 saturated carbocycles. The Morgan fingerprint density at radius 2 is 2.00 bits per heavy atom. The maximum absolute atomic E-state index is 12.0. The van der Waals surface area contributed by atoms with E-state index in [-0.39, 0.29) is 5.56 Å². The van der Waals surface area contributed by atoms with Gasteiger partial charge >= 0.3 is 0 Å². The third-order valence-corrected chi connectivity index (χ3v) is 5.48. The van der Waals surface area contributed by atoms with Crippen molar-refractivity contribution < 1.29 is 0 Å². The van der Waals surface area contributed by atoms with E-state index < -0.39 is 0 Å². The molecule has 2 atom stereocenters. The van der Waals surface area contributed by atoms with Gasteiger partial charge in [-0.2, -0.15) is 0 Å². The summed E-state index contributed by atoms with van der Waals surface area (Å²) in [5, 5.41) is 1.15. The maximum atomic E-state index is 12.0.